The summed E-state index contributed by atoms with van der Waals surface area (Å²) in [5, 5.41) is 4.53. The molecule has 2 fully saturated rings. The first-order valence-corrected chi connectivity index (χ1v) is 12.3. The number of aromatic nitrogens is 2. The Balaban J connectivity index is 1.34. The van der Waals surface area contributed by atoms with E-state index >= 15 is 0 Å². The molecule has 184 valence electrons. The second kappa shape index (κ2) is 8.88. The van der Waals surface area contributed by atoms with Gasteiger partial charge in [0.2, 0.25) is 0 Å². The second-order valence-corrected chi connectivity index (χ2v) is 10.2. The van der Waals surface area contributed by atoms with Crippen LogP contribution in [-0.2, 0) is 14.0 Å². The number of ether oxygens (including phenoxy) is 1. The molecular formula is C26H33BN4O4. The number of anilines is 1. The van der Waals surface area contributed by atoms with Crippen molar-refractivity contribution in [2.45, 2.75) is 45.8 Å². The highest BCUT2D eigenvalue weighted by Gasteiger charge is 2.51. The topological polar surface area (TPSA) is 68.5 Å². The van der Waals surface area contributed by atoms with Gasteiger partial charge in [0.05, 0.1) is 29.0 Å². The summed E-state index contributed by atoms with van der Waals surface area (Å²) in [6.45, 7) is 13.3. The molecule has 0 saturated carbocycles. The number of carbonyl (C=O) groups is 1. The molecule has 8 nitrogen and oxygen atoms in total. The lowest BCUT2D eigenvalue weighted by atomic mass is 9.78. The maximum atomic E-state index is 12.0. The number of amides is 1. The fraction of sp³-hybridized carbons (Fsp3) is 0.462. The van der Waals surface area contributed by atoms with Gasteiger partial charge in [0.1, 0.15) is 0 Å². The van der Waals surface area contributed by atoms with E-state index in [0.29, 0.717) is 19.7 Å². The Morgan fingerprint density at radius 2 is 1.66 bits per heavy atom. The van der Waals surface area contributed by atoms with Crippen molar-refractivity contribution in [1.29, 1.82) is 0 Å². The maximum absolute atomic E-state index is 12.0. The molecular weight excluding hydrogens is 443 g/mol. The Morgan fingerprint density at radius 1 is 1.00 bits per heavy atom. The van der Waals surface area contributed by atoms with E-state index in [-0.39, 0.29) is 24.4 Å². The molecule has 35 heavy (non-hydrogen) atoms. The van der Waals surface area contributed by atoms with Crippen molar-refractivity contribution in [1.82, 2.24) is 14.5 Å². The summed E-state index contributed by atoms with van der Waals surface area (Å²) < 4.78 is 19.4. The van der Waals surface area contributed by atoms with Crippen LogP contribution >= 0.6 is 0 Å². The van der Waals surface area contributed by atoms with Crippen LogP contribution in [0.25, 0.3) is 16.6 Å². The lowest BCUT2D eigenvalue weighted by molar-refractivity contribution is 0.00578. The van der Waals surface area contributed by atoms with Crippen molar-refractivity contribution in [2.75, 3.05) is 37.7 Å². The standard InChI is InChI=1S/C26H33BN4O4/c1-6-33-24(32)30-15-13-29(14-16-30)22-11-12-28-31-18-20(17-23(22)31)19-7-9-21(10-8-19)27-34-25(2,3)26(4,5)35-27/h7-12,17-18H,6,13-16H2,1-5H3. The number of carbonyl (C=O) groups excluding carboxylic acids is 1. The van der Waals surface area contributed by atoms with Crippen molar-refractivity contribution >= 4 is 29.9 Å². The van der Waals surface area contributed by atoms with Gasteiger partial charge in [-0.25, -0.2) is 9.31 Å². The van der Waals surface area contributed by atoms with Gasteiger partial charge < -0.3 is 23.8 Å². The highest BCUT2D eigenvalue weighted by Crippen LogP contribution is 2.36. The summed E-state index contributed by atoms with van der Waals surface area (Å²) in [4.78, 5) is 16.1. The fourth-order valence-electron chi connectivity index (χ4n) is 4.58. The molecule has 0 N–H and O–H groups in total. The summed E-state index contributed by atoms with van der Waals surface area (Å²) in [7, 11) is -0.372. The monoisotopic (exact) mass is 476 g/mol. The third kappa shape index (κ3) is 4.39. The first-order chi connectivity index (χ1) is 16.7. The zero-order valence-corrected chi connectivity index (χ0v) is 21.2. The number of benzene rings is 1. The van der Waals surface area contributed by atoms with E-state index in [2.05, 4.69) is 74.2 Å². The average Bonchev–Trinajstić information content (AvgIpc) is 3.37. The molecule has 2 aliphatic heterocycles. The van der Waals surface area contributed by atoms with Crippen LogP contribution in [-0.4, -0.2) is 71.7 Å². The van der Waals surface area contributed by atoms with Crippen molar-refractivity contribution in [3.63, 3.8) is 0 Å². The van der Waals surface area contributed by atoms with E-state index in [1.807, 2.05) is 23.7 Å². The van der Waals surface area contributed by atoms with E-state index in [4.69, 9.17) is 14.0 Å². The highest BCUT2D eigenvalue weighted by atomic mass is 16.7. The zero-order chi connectivity index (χ0) is 24.8. The molecule has 2 aromatic heterocycles. The third-order valence-corrected chi connectivity index (χ3v) is 7.40. The Bertz CT molecular complexity index is 1200. The van der Waals surface area contributed by atoms with Crippen LogP contribution in [0, 0.1) is 0 Å². The first kappa shape index (κ1) is 23.7. The predicted octanol–water partition coefficient (Wildman–Crippen LogP) is 3.58. The van der Waals surface area contributed by atoms with Crippen LogP contribution in [0.2, 0.25) is 0 Å². The van der Waals surface area contributed by atoms with E-state index in [1.165, 1.54) is 0 Å². The van der Waals surface area contributed by atoms with Crippen LogP contribution in [0.4, 0.5) is 10.5 Å². The van der Waals surface area contributed by atoms with Crippen molar-refractivity contribution in [2.24, 2.45) is 0 Å². The SMILES string of the molecule is CCOC(=O)N1CCN(c2ccnn3cc(-c4ccc(B5OC(C)(C)C(C)(C)O5)cc4)cc23)CC1. The van der Waals surface area contributed by atoms with Gasteiger partial charge in [0, 0.05) is 44.1 Å². The summed E-state index contributed by atoms with van der Waals surface area (Å²) in [6, 6.07) is 12.6. The van der Waals surface area contributed by atoms with Crippen LogP contribution in [0.3, 0.4) is 0 Å². The number of piperazine rings is 1. The molecule has 1 amide bonds. The molecule has 2 aliphatic rings. The smallest absolute Gasteiger partial charge is 0.450 e. The number of rotatable bonds is 4. The fourth-order valence-corrected chi connectivity index (χ4v) is 4.58. The quantitative estimate of drug-likeness (QED) is 0.537. The molecule has 0 unspecified atom stereocenters. The van der Waals surface area contributed by atoms with Crippen molar-refractivity contribution in [3.8, 4) is 11.1 Å². The molecule has 9 heteroatoms. The summed E-state index contributed by atoms with van der Waals surface area (Å²) >= 11 is 0. The molecule has 3 aromatic rings. The van der Waals surface area contributed by atoms with Gasteiger partial charge in [-0.15, -0.1) is 0 Å². The van der Waals surface area contributed by atoms with Gasteiger partial charge in [-0.3, -0.25) is 0 Å². The van der Waals surface area contributed by atoms with Crippen LogP contribution < -0.4 is 10.4 Å². The number of hydrogen-bond acceptors (Lipinski definition) is 6. The van der Waals surface area contributed by atoms with Gasteiger partial charge in [-0.2, -0.15) is 5.10 Å². The number of fused-ring (bicyclic) bond motifs is 1. The molecule has 4 heterocycles. The third-order valence-electron chi connectivity index (χ3n) is 7.40. The molecule has 0 atom stereocenters. The molecule has 0 bridgehead atoms. The number of hydrogen-bond donors (Lipinski definition) is 0. The maximum Gasteiger partial charge on any atom is 0.494 e. The summed E-state index contributed by atoms with van der Waals surface area (Å²) in [6.07, 6.45) is 3.64. The second-order valence-electron chi connectivity index (χ2n) is 10.2. The van der Waals surface area contributed by atoms with E-state index < -0.39 is 0 Å². The van der Waals surface area contributed by atoms with Crippen molar-refractivity contribution < 1.29 is 18.8 Å². The highest BCUT2D eigenvalue weighted by molar-refractivity contribution is 6.62. The lowest BCUT2D eigenvalue weighted by Crippen LogP contribution is -2.49. The van der Waals surface area contributed by atoms with Gasteiger partial charge in [-0.1, -0.05) is 24.3 Å². The van der Waals surface area contributed by atoms with Crippen molar-refractivity contribution in [3.05, 3.63) is 48.8 Å². The largest absolute Gasteiger partial charge is 0.494 e. The predicted molar refractivity (Wildman–Crippen MR) is 137 cm³/mol. The van der Waals surface area contributed by atoms with E-state index in [1.54, 1.807) is 4.90 Å². The Kier molecular flexibility index (Phi) is 6.01. The van der Waals surface area contributed by atoms with Gasteiger partial charge in [-0.05, 0) is 57.8 Å². The Morgan fingerprint density at radius 3 is 2.29 bits per heavy atom. The van der Waals surface area contributed by atoms with E-state index in [0.717, 1.165) is 40.9 Å². The first-order valence-electron chi connectivity index (χ1n) is 12.3. The molecule has 2 saturated heterocycles. The minimum absolute atomic E-state index is 0.235. The normalized spacial score (nSPS) is 19.4. The van der Waals surface area contributed by atoms with Gasteiger partial charge in [0.25, 0.3) is 0 Å². The lowest BCUT2D eigenvalue weighted by Gasteiger charge is -2.35. The average molecular weight is 476 g/mol. The van der Waals surface area contributed by atoms with Gasteiger partial charge in [0.15, 0.2) is 0 Å². The molecule has 0 radical (unpaired) electrons. The van der Waals surface area contributed by atoms with Crippen LogP contribution in [0.1, 0.15) is 34.6 Å². The summed E-state index contributed by atoms with van der Waals surface area (Å²) in [5.41, 5.74) is 4.64. The van der Waals surface area contributed by atoms with Crippen LogP contribution in [0.5, 0.6) is 0 Å². The Labute approximate surface area is 206 Å². The minimum atomic E-state index is -0.372. The molecule has 0 spiro atoms. The molecule has 5 rings (SSSR count). The van der Waals surface area contributed by atoms with Gasteiger partial charge >= 0.3 is 13.2 Å². The molecule has 0 aliphatic carbocycles. The van der Waals surface area contributed by atoms with E-state index in [9.17, 15) is 4.79 Å². The van der Waals surface area contributed by atoms with Crippen LogP contribution in [0.15, 0.2) is 48.8 Å². The molecule has 1 aromatic carbocycles. The minimum Gasteiger partial charge on any atom is -0.450 e. The number of nitrogens with zero attached hydrogens (tertiary/aromatic N) is 4. The zero-order valence-electron chi connectivity index (χ0n) is 21.2. The summed E-state index contributed by atoms with van der Waals surface area (Å²) in [5.74, 6) is 0. The Hall–Kier alpha value is -3.04.